The van der Waals surface area contributed by atoms with Crippen LogP contribution in [0.15, 0.2) is 29.5 Å². The quantitative estimate of drug-likeness (QED) is 0.532. The summed E-state index contributed by atoms with van der Waals surface area (Å²) >= 11 is 0. The minimum Gasteiger partial charge on any atom is -0.463 e. The number of benzene rings is 1. The SMILES string of the molecule is CCOC(=O)C1=C(CNCC23CC4CC(CC(C4)C2)C3)NC(=O)N[C@H]1c1ccc2c(c1)OCO2. The standard InChI is InChI=1S/C26H33N3O5/c1-2-32-24(30)22-19(12-27-13-26-9-15-5-16(10-26)7-17(6-15)11-26)28-25(31)29-23(22)18-3-4-20-21(8-18)34-14-33-20/h3-4,8,15-17,23,27H,2,5-7,9-14H2,1H3,(H2,28,29,31)/t15?,16?,17?,23-,26?/m0/s1. The van der Waals surface area contributed by atoms with E-state index in [2.05, 4.69) is 16.0 Å². The molecule has 8 heteroatoms. The molecule has 0 unspecified atom stereocenters. The van der Waals surface area contributed by atoms with Crippen LogP contribution in [0.4, 0.5) is 4.79 Å². The fraction of sp³-hybridized carbons (Fsp3) is 0.615. The van der Waals surface area contributed by atoms with Crippen LogP contribution in [-0.2, 0) is 9.53 Å². The van der Waals surface area contributed by atoms with Crippen molar-refractivity contribution in [1.82, 2.24) is 16.0 Å². The third-order valence-corrected chi connectivity index (χ3v) is 8.35. The van der Waals surface area contributed by atoms with Crippen molar-refractivity contribution in [3.8, 4) is 11.5 Å². The van der Waals surface area contributed by atoms with Crippen LogP contribution in [-0.4, -0.2) is 38.5 Å². The normalized spacial score (nSPS) is 33.0. The molecule has 2 amide bonds. The fourth-order valence-corrected chi connectivity index (χ4v) is 7.51. The summed E-state index contributed by atoms with van der Waals surface area (Å²) < 4.78 is 16.3. The lowest BCUT2D eigenvalue weighted by Crippen LogP contribution is -2.52. The minimum atomic E-state index is -0.626. The van der Waals surface area contributed by atoms with E-state index in [4.69, 9.17) is 14.2 Å². The van der Waals surface area contributed by atoms with Crippen LogP contribution in [0.25, 0.3) is 0 Å². The molecule has 34 heavy (non-hydrogen) atoms. The first kappa shape index (κ1) is 21.8. The number of carbonyl (C=O) groups is 2. The Morgan fingerprint density at radius 1 is 1.12 bits per heavy atom. The Morgan fingerprint density at radius 3 is 2.53 bits per heavy atom. The van der Waals surface area contributed by atoms with Gasteiger partial charge in [-0.1, -0.05) is 6.07 Å². The number of ether oxygens (including phenoxy) is 3. The summed E-state index contributed by atoms with van der Waals surface area (Å²) in [7, 11) is 0. The Labute approximate surface area is 199 Å². The molecule has 6 aliphatic rings. The molecule has 0 spiro atoms. The maximum atomic E-state index is 13.1. The maximum Gasteiger partial charge on any atom is 0.338 e. The van der Waals surface area contributed by atoms with Gasteiger partial charge in [0.25, 0.3) is 0 Å². The van der Waals surface area contributed by atoms with Crippen LogP contribution >= 0.6 is 0 Å². The Morgan fingerprint density at radius 2 is 1.82 bits per heavy atom. The summed E-state index contributed by atoms with van der Waals surface area (Å²) in [5.41, 5.74) is 2.13. The zero-order valence-corrected chi connectivity index (χ0v) is 19.7. The second kappa shape index (κ2) is 8.48. The van der Waals surface area contributed by atoms with E-state index in [1.807, 2.05) is 12.1 Å². The van der Waals surface area contributed by atoms with Crippen molar-refractivity contribution in [2.75, 3.05) is 26.5 Å². The van der Waals surface area contributed by atoms with E-state index in [9.17, 15) is 9.59 Å². The van der Waals surface area contributed by atoms with Crippen molar-refractivity contribution in [1.29, 1.82) is 0 Å². The highest BCUT2D eigenvalue weighted by Gasteiger charge is 2.50. The summed E-state index contributed by atoms with van der Waals surface area (Å²) in [6.07, 6.45) is 8.17. The van der Waals surface area contributed by atoms with Crippen molar-refractivity contribution in [2.24, 2.45) is 23.2 Å². The van der Waals surface area contributed by atoms with E-state index in [0.717, 1.165) is 29.9 Å². The molecule has 1 atom stereocenters. The fourth-order valence-electron chi connectivity index (χ4n) is 7.51. The molecule has 0 saturated heterocycles. The predicted molar refractivity (Wildman–Crippen MR) is 124 cm³/mol. The van der Waals surface area contributed by atoms with E-state index in [1.54, 1.807) is 13.0 Å². The van der Waals surface area contributed by atoms with Crippen molar-refractivity contribution in [3.05, 3.63) is 35.0 Å². The first-order valence-electron chi connectivity index (χ1n) is 12.6. The van der Waals surface area contributed by atoms with Gasteiger partial charge in [0.05, 0.1) is 18.2 Å². The molecule has 2 heterocycles. The molecular weight excluding hydrogens is 434 g/mol. The van der Waals surface area contributed by atoms with E-state index in [1.165, 1.54) is 38.5 Å². The van der Waals surface area contributed by atoms with E-state index in [0.29, 0.717) is 34.7 Å². The van der Waals surface area contributed by atoms with E-state index in [-0.39, 0.29) is 19.4 Å². The topological polar surface area (TPSA) is 97.9 Å². The molecule has 4 saturated carbocycles. The largest absolute Gasteiger partial charge is 0.463 e. The predicted octanol–water partition coefficient (Wildman–Crippen LogP) is 3.39. The number of hydrogen-bond donors (Lipinski definition) is 3. The summed E-state index contributed by atoms with van der Waals surface area (Å²) in [4.78, 5) is 25.7. The summed E-state index contributed by atoms with van der Waals surface area (Å²) in [5, 5.41) is 9.39. The highest BCUT2D eigenvalue weighted by Crippen LogP contribution is 2.59. The van der Waals surface area contributed by atoms with Gasteiger partial charge in [0, 0.05) is 18.8 Å². The molecule has 8 nitrogen and oxygen atoms in total. The number of urea groups is 1. The molecule has 2 aliphatic heterocycles. The maximum absolute atomic E-state index is 13.1. The first-order valence-corrected chi connectivity index (χ1v) is 12.6. The van der Waals surface area contributed by atoms with Crippen molar-refractivity contribution in [2.45, 2.75) is 51.5 Å². The van der Waals surface area contributed by atoms with Gasteiger partial charge in [-0.05, 0) is 86.3 Å². The summed E-state index contributed by atoms with van der Waals surface area (Å²) in [5.74, 6) is 3.49. The number of esters is 1. The Bertz CT molecular complexity index is 1000. The second-order valence-electron chi connectivity index (χ2n) is 10.8. The van der Waals surface area contributed by atoms with Gasteiger partial charge < -0.3 is 30.2 Å². The second-order valence-corrected chi connectivity index (χ2v) is 10.8. The molecule has 4 aliphatic carbocycles. The third-order valence-electron chi connectivity index (χ3n) is 8.35. The molecule has 3 N–H and O–H groups in total. The van der Waals surface area contributed by atoms with Crippen molar-refractivity contribution < 1.29 is 23.8 Å². The Kier molecular flexibility index (Phi) is 5.43. The van der Waals surface area contributed by atoms with Gasteiger partial charge in [-0.2, -0.15) is 0 Å². The van der Waals surface area contributed by atoms with Gasteiger partial charge in [-0.25, -0.2) is 9.59 Å². The van der Waals surface area contributed by atoms with E-state index >= 15 is 0 Å². The van der Waals surface area contributed by atoms with Gasteiger partial charge in [0.15, 0.2) is 11.5 Å². The monoisotopic (exact) mass is 467 g/mol. The van der Waals surface area contributed by atoms with Crippen LogP contribution in [0.5, 0.6) is 11.5 Å². The van der Waals surface area contributed by atoms with Crippen LogP contribution < -0.4 is 25.4 Å². The number of hydrogen-bond acceptors (Lipinski definition) is 6. The number of nitrogens with one attached hydrogen (secondary N) is 3. The van der Waals surface area contributed by atoms with Gasteiger partial charge in [-0.15, -0.1) is 0 Å². The minimum absolute atomic E-state index is 0.164. The number of fused-ring (bicyclic) bond motifs is 1. The molecule has 0 radical (unpaired) electrons. The lowest BCUT2D eigenvalue weighted by Gasteiger charge is -2.57. The average Bonchev–Trinajstić information content (AvgIpc) is 3.26. The first-order chi connectivity index (χ1) is 16.5. The van der Waals surface area contributed by atoms with Crippen LogP contribution in [0.3, 0.4) is 0 Å². The lowest BCUT2D eigenvalue weighted by molar-refractivity contribution is -0.139. The molecule has 7 rings (SSSR count). The van der Waals surface area contributed by atoms with Gasteiger partial charge >= 0.3 is 12.0 Å². The number of amides is 2. The Hall–Kier alpha value is -2.74. The third kappa shape index (κ3) is 3.91. The zero-order chi connectivity index (χ0) is 23.3. The van der Waals surface area contributed by atoms with Gasteiger partial charge in [0.2, 0.25) is 6.79 Å². The van der Waals surface area contributed by atoms with E-state index < -0.39 is 12.0 Å². The molecule has 1 aromatic carbocycles. The Balaban J connectivity index is 1.24. The highest BCUT2D eigenvalue weighted by molar-refractivity contribution is 5.95. The molecule has 182 valence electrons. The number of carbonyl (C=O) groups excluding carboxylic acids is 2. The lowest BCUT2D eigenvalue weighted by atomic mass is 9.49. The molecule has 4 bridgehead atoms. The van der Waals surface area contributed by atoms with Crippen molar-refractivity contribution in [3.63, 3.8) is 0 Å². The molecule has 4 fully saturated rings. The molecular formula is C26H33N3O5. The van der Waals surface area contributed by atoms with Crippen LogP contribution in [0.2, 0.25) is 0 Å². The average molecular weight is 468 g/mol. The van der Waals surface area contributed by atoms with Crippen LogP contribution in [0.1, 0.15) is 57.1 Å². The van der Waals surface area contributed by atoms with Crippen molar-refractivity contribution >= 4 is 12.0 Å². The van der Waals surface area contributed by atoms with Gasteiger partial charge in [0.1, 0.15) is 0 Å². The summed E-state index contributed by atoms with van der Waals surface area (Å²) in [6, 6.07) is 4.52. The van der Waals surface area contributed by atoms with Gasteiger partial charge in [-0.3, -0.25) is 0 Å². The highest BCUT2D eigenvalue weighted by atomic mass is 16.7. The summed E-state index contributed by atoms with van der Waals surface area (Å²) in [6.45, 7) is 3.56. The van der Waals surface area contributed by atoms with Crippen LogP contribution in [0, 0.1) is 23.2 Å². The smallest absolute Gasteiger partial charge is 0.338 e. The molecule has 1 aromatic rings. The molecule has 0 aromatic heterocycles. The number of rotatable bonds is 7. The zero-order valence-electron chi connectivity index (χ0n) is 19.7.